The highest BCUT2D eigenvalue weighted by Crippen LogP contribution is 2.39. The van der Waals surface area contributed by atoms with E-state index in [0.29, 0.717) is 0 Å². The van der Waals surface area contributed by atoms with Crippen LogP contribution in [0.3, 0.4) is 0 Å². The molecule has 14 heavy (non-hydrogen) atoms. The molecule has 2 unspecified atom stereocenters. The fourth-order valence-electron chi connectivity index (χ4n) is 1.91. The third-order valence-corrected chi connectivity index (χ3v) is 2.53. The Morgan fingerprint density at radius 1 is 1.50 bits per heavy atom. The molecule has 2 N–H and O–H groups in total. The molecule has 1 aliphatic rings. The lowest BCUT2D eigenvalue weighted by molar-refractivity contribution is 0.174. The predicted molar refractivity (Wildman–Crippen MR) is 54.6 cm³/mol. The summed E-state index contributed by atoms with van der Waals surface area (Å²) in [6.07, 6.45) is 1.03. The van der Waals surface area contributed by atoms with Crippen molar-refractivity contribution >= 4 is 0 Å². The molecule has 3 heteroatoms. The molecule has 0 aromatic heterocycles. The summed E-state index contributed by atoms with van der Waals surface area (Å²) >= 11 is 0. The Balaban J connectivity index is 2.47. The van der Waals surface area contributed by atoms with Gasteiger partial charge >= 0.3 is 0 Å². The van der Waals surface area contributed by atoms with Gasteiger partial charge in [-0.2, -0.15) is 0 Å². The Hall–Kier alpha value is -1.22. The fourth-order valence-corrected chi connectivity index (χ4v) is 1.91. The number of fused-ring (bicyclic) bond motifs is 1. The summed E-state index contributed by atoms with van der Waals surface area (Å²) < 4.78 is 10.9. The highest BCUT2D eigenvalue weighted by atomic mass is 16.5. The second-order valence-corrected chi connectivity index (χ2v) is 3.64. The lowest BCUT2D eigenvalue weighted by atomic mass is 9.97. The Morgan fingerprint density at radius 2 is 2.29 bits per heavy atom. The molecule has 0 fully saturated rings. The van der Waals surface area contributed by atoms with Crippen molar-refractivity contribution in [1.82, 2.24) is 0 Å². The van der Waals surface area contributed by atoms with Crippen LogP contribution in [0.4, 0.5) is 0 Å². The van der Waals surface area contributed by atoms with Crippen LogP contribution in [0.15, 0.2) is 18.2 Å². The van der Waals surface area contributed by atoms with E-state index in [0.717, 1.165) is 23.5 Å². The van der Waals surface area contributed by atoms with Crippen molar-refractivity contribution in [2.24, 2.45) is 5.73 Å². The van der Waals surface area contributed by atoms with Gasteiger partial charge in [-0.25, -0.2) is 0 Å². The van der Waals surface area contributed by atoms with E-state index in [1.807, 2.05) is 25.1 Å². The Morgan fingerprint density at radius 3 is 3.00 bits per heavy atom. The fraction of sp³-hybridized carbons (Fsp3) is 0.455. The third kappa shape index (κ3) is 1.44. The van der Waals surface area contributed by atoms with Crippen LogP contribution in [-0.4, -0.2) is 13.2 Å². The molecule has 0 bridgehead atoms. The van der Waals surface area contributed by atoms with Crippen LogP contribution in [0, 0.1) is 0 Å². The van der Waals surface area contributed by atoms with Crippen molar-refractivity contribution in [2.75, 3.05) is 7.11 Å². The number of ether oxygens (including phenoxy) is 2. The lowest BCUT2D eigenvalue weighted by Crippen LogP contribution is -2.27. The van der Waals surface area contributed by atoms with Gasteiger partial charge in [0.05, 0.1) is 18.8 Å². The summed E-state index contributed by atoms with van der Waals surface area (Å²) in [7, 11) is 1.65. The van der Waals surface area contributed by atoms with Crippen LogP contribution < -0.4 is 15.2 Å². The van der Waals surface area contributed by atoms with E-state index in [2.05, 4.69) is 0 Å². The van der Waals surface area contributed by atoms with E-state index in [9.17, 15) is 0 Å². The molecular weight excluding hydrogens is 178 g/mol. The maximum Gasteiger partial charge on any atom is 0.128 e. The summed E-state index contributed by atoms with van der Waals surface area (Å²) in [5, 5.41) is 0. The standard InChI is InChI=1S/C11H15NO2/c1-7-6-8(12)11-9(13-2)4-3-5-10(11)14-7/h3-5,7-8H,6,12H2,1-2H3. The number of rotatable bonds is 1. The topological polar surface area (TPSA) is 44.5 Å². The minimum Gasteiger partial charge on any atom is -0.496 e. The number of benzene rings is 1. The Kier molecular flexibility index (Phi) is 2.33. The normalized spacial score (nSPS) is 25.1. The first kappa shape index (κ1) is 9.34. The second kappa shape index (κ2) is 3.50. The van der Waals surface area contributed by atoms with Crippen molar-refractivity contribution in [1.29, 1.82) is 0 Å². The average Bonchev–Trinajstić information content (AvgIpc) is 2.16. The summed E-state index contributed by atoms with van der Waals surface area (Å²) in [5.74, 6) is 1.68. The monoisotopic (exact) mass is 193 g/mol. The van der Waals surface area contributed by atoms with Crippen LogP contribution in [-0.2, 0) is 0 Å². The highest BCUT2D eigenvalue weighted by molar-refractivity contribution is 5.48. The quantitative estimate of drug-likeness (QED) is 0.740. The molecule has 0 amide bonds. The van der Waals surface area contributed by atoms with E-state index in [1.165, 1.54) is 0 Å². The summed E-state index contributed by atoms with van der Waals surface area (Å²) in [6, 6.07) is 5.79. The number of methoxy groups -OCH3 is 1. The number of hydrogen-bond acceptors (Lipinski definition) is 3. The molecule has 0 saturated heterocycles. The lowest BCUT2D eigenvalue weighted by Gasteiger charge is -2.29. The van der Waals surface area contributed by atoms with Gasteiger partial charge in [0.25, 0.3) is 0 Å². The van der Waals surface area contributed by atoms with Gasteiger partial charge in [0.2, 0.25) is 0 Å². The van der Waals surface area contributed by atoms with Crippen LogP contribution in [0.5, 0.6) is 11.5 Å². The molecule has 0 saturated carbocycles. The zero-order valence-corrected chi connectivity index (χ0v) is 8.49. The maximum absolute atomic E-state index is 6.05. The molecule has 0 radical (unpaired) electrons. The molecule has 1 aliphatic heterocycles. The third-order valence-electron chi connectivity index (χ3n) is 2.53. The summed E-state index contributed by atoms with van der Waals surface area (Å²) in [6.45, 7) is 2.03. The van der Waals surface area contributed by atoms with Crippen molar-refractivity contribution in [3.63, 3.8) is 0 Å². The molecule has 2 atom stereocenters. The first-order valence-corrected chi connectivity index (χ1v) is 4.81. The molecule has 1 aromatic rings. The van der Waals surface area contributed by atoms with Crippen molar-refractivity contribution < 1.29 is 9.47 Å². The van der Waals surface area contributed by atoms with Gasteiger partial charge in [-0.3, -0.25) is 0 Å². The smallest absolute Gasteiger partial charge is 0.128 e. The largest absolute Gasteiger partial charge is 0.496 e. The summed E-state index contributed by atoms with van der Waals surface area (Å²) in [5.41, 5.74) is 7.05. The number of hydrogen-bond donors (Lipinski definition) is 1. The SMILES string of the molecule is COc1cccc2c1C(N)CC(C)O2. The Labute approximate surface area is 83.8 Å². The van der Waals surface area contributed by atoms with Crippen LogP contribution >= 0.6 is 0 Å². The van der Waals surface area contributed by atoms with Gasteiger partial charge in [-0.05, 0) is 19.1 Å². The predicted octanol–water partition coefficient (Wildman–Crippen LogP) is 1.87. The van der Waals surface area contributed by atoms with Crippen molar-refractivity contribution in [3.8, 4) is 11.5 Å². The molecule has 1 heterocycles. The molecular formula is C11H15NO2. The van der Waals surface area contributed by atoms with Crippen LogP contribution in [0.2, 0.25) is 0 Å². The van der Waals surface area contributed by atoms with Gasteiger partial charge in [-0.1, -0.05) is 6.07 Å². The molecule has 2 rings (SSSR count). The molecule has 3 nitrogen and oxygen atoms in total. The zero-order valence-electron chi connectivity index (χ0n) is 8.49. The summed E-state index contributed by atoms with van der Waals surface area (Å²) in [4.78, 5) is 0. The molecule has 0 spiro atoms. The number of nitrogens with two attached hydrogens (primary N) is 1. The minimum absolute atomic E-state index is 0.0184. The van der Waals surface area contributed by atoms with E-state index >= 15 is 0 Å². The van der Waals surface area contributed by atoms with Gasteiger partial charge in [0.1, 0.15) is 11.5 Å². The van der Waals surface area contributed by atoms with Crippen molar-refractivity contribution in [2.45, 2.75) is 25.5 Å². The van der Waals surface area contributed by atoms with E-state index in [-0.39, 0.29) is 12.1 Å². The highest BCUT2D eigenvalue weighted by Gasteiger charge is 2.25. The van der Waals surface area contributed by atoms with Crippen LogP contribution in [0.25, 0.3) is 0 Å². The van der Waals surface area contributed by atoms with Gasteiger partial charge in [-0.15, -0.1) is 0 Å². The van der Waals surface area contributed by atoms with Gasteiger partial charge < -0.3 is 15.2 Å². The maximum atomic E-state index is 6.05. The van der Waals surface area contributed by atoms with Crippen LogP contribution in [0.1, 0.15) is 24.9 Å². The second-order valence-electron chi connectivity index (χ2n) is 3.64. The first-order valence-electron chi connectivity index (χ1n) is 4.81. The molecule has 0 aliphatic carbocycles. The van der Waals surface area contributed by atoms with Gasteiger partial charge in [0, 0.05) is 12.5 Å². The zero-order chi connectivity index (χ0) is 10.1. The van der Waals surface area contributed by atoms with E-state index in [1.54, 1.807) is 7.11 Å². The average molecular weight is 193 g/mol. The Bertz CT molecular complexity index is 338. The first-order chi connectivity index (χ1) is 6.72. The van der Waals surface area contributed by atoms with Crippen molar-refractivity contribution in [3.05, 3.63) is 23.8 Å². The molecule has 1 aromatic carbocycles. The molecule has 76 valence electrons. The van der Waals surface area contributed by atoms with Gasteiger partial charge in [0.15, 0.2) is 0 Å². The van der Waals surface area contributed by atoms with E-state index in [4.69, 9.17) is 15.2 Å². The van der Waals surface area contributed by atoms with E-state index < -0.39 is 0 Å². The minimum atomic E-state index is 0.0184.